The van der Waals surface area contributed by atoms with E-state index in [1.54, 1.807) is 24.9 Å². The molecule has 0 spiro atoms. The van der Waals surface area contributed by atoms with E-state index in [4.69, 9.17) is 0 Å². The van der Waals surface area contributed by atoms with Gasteiger partial charge in [0.2, 0.25) is 11.8 Å². The number of hydrogen-bond acceptors (Lipinski definition) is 3. The molecule has 0 unspecified atom stereocenters. The van der Waals surface area contributed by atoms with Crippen LogP contribution in [0.5, 0.6) is 0 Å². The maximum Gasteiger partial charge on any atom is 0.241 e. The summed E-state index contributed by atoms with van der Waals surface area (Å²) in [6, 6.07) is 19.3. The van der Waals surface area contributed by atoms with Crippen molar-refractivity contribution >= 4 is 45.0 Å². The van der Waals surface area contributed by atoms with Crippen LogP contribution in [0.25, 0.3) is 21.8 Å². The summed E-state index contributed by atoms with van der Waals surface area (Å²) < 4.78 is 15.6. The van der Waals surface area contributed by atoms with Crippen LogP contribution in [-0.2, 0) is 16.1 Å². The van der Waals surface area contributed by atoms with Crippen LogP contribution < -0.4 is 10.6 Å². The Balaban J connectivity index is 1.44. The first-order valence-electron chi connectivity index (χ1n) is 10.9. The first-order valence-corrected chi connectivity index (χ1v) is 10.9. The molecule has 0 radical (unpaired) electrons. The molecule has 0 aliphatic rings. The van der Waals surface area contributed by atoms with E-state index in [1.807, 2.05) is 30.3 Å². The number of anilines is 2. The molecule has 33 heavy (non-hydrogen) atoms. The second-order valence-electron chi connectivity index (χ2n) is 8.13. The molecule has 0 saturated heterocycles. The van der Waals surface area contributed by atoms with Crippen molar-refractivity contribution in [3.05, 3.63) is 72.5 Å². The van der Waals surface area contributed by atoms with Gasteiger partial charge in [0, 0.05) is 39.7 Å². The molecule has 0 saturated carbocycles. The zero-order chi connectivity index (χ0) is 23.5. The Morgan fingerprint density at radius 2 is 1.67 bits per heavy atom. The number of nitrogens with one attached hydrogen (secondary N) is 2. The predicted molar refractivity (Wildman–Crippen MR) is 131 cm³/mol. The molecule has 1 heterocycles. The minimum Gasteiger partial charge on any atom is -0.341 e. The average molecular weight is 447 g/mol. The quantitative estimate of drug-likeness (QED) is 0.426. The number of rotatable bonds is 7. The van der Waals surface area contributed by atoms with Crippen LogP contribution in [0.1, 0.15) is 13.8 Å². The standard InChI is InChI=1S/C26H27FN4O2/c1-4-31-23-11-6-5-10-21(23)22-15-20(12-13-24(22)31)29-26(33)17(2)30(3)16-25(32)28-19-9-7-8-18(27)14-19/h5-15,17H,4,16H2,1-3H3,(H,28,32)(H,29,33)/t17-/m1/s1. The summed E-state index contributed by atoms with van der Waals surface area (Å²) in [5.74, 6) is -0.959. The highest BCUT2D eigenvalue weighted by atomic mass is 19.1. The van der Waals surface area contributed by atoms with Crippen LogP contribution in [0, 0.1) is 5.82 Å². The fourth-order valence-electron chi connectivity index (χ4n) is 4.05. The van der Waals surface area contributed by atoms with Crippen LogP contribution in [0.2, 0.25) is 0 Å². The minimum atomic E-state index is -0.545. The van der Waals surface area contributed by atoms with Gasteiger partial charge in [-0.25, -0.2) is 4.39 Å². The van der Waals surface area contributed by atoms with Gasteiger partial charge in [-0.3, -0.25) is 14.5 Å². The van der Waals surface area contributed by atoms with Gasteiger partial charge in [0.05, 0.1) is 12.6 Å². The first kappa shape index (κ1) is 22.5. The molecule has 3 aromatic carbocycles. The number of aromatic nitrogens is 1. The monoisotopic (exact) mass is 446 g/mol. The number of likely N-dealkylation sites (N-methyl/N-ethyl adjacent to an activating group) is 1. The van der Waals surface area contributed by atoms with Gasteiger partial charge >= 0.3 is 0 Å². The lowest BCUT2D eigenvalue weighted by molar-refractivity contribution is -0.122. The molecule has 0 aliphatic carbocycles. The summed E-state index contributed by atoms with van der Waals surface area (Å²) in [4.78, 5) is 26.8. The van der Waals surface area contributed by atoms with E-state index in [9.17, 15) is 14.0 Å². The molecule has 2 N–H and O–H groups in total. The van der Waals surface area contributed by atoms with Gasteiger partial charge in [-0.15, -0.1) is 0 Å². The molecule has 0 aliphatic heterocycles. The molecule has 4 aromatic rings. The van der Waals surface area contributed by atoms with Gasteiger partial charge in [0.1, 0.15) is 5.82 Å². The number of aryl methyl sites for hydroxylation is 1. The number of benzene rings is 3. The minimum absolute atomic E-state index is 0.00583. The number of para-hydroxylation sites is 1. The Kier molecular flexibility index (Phi) is 6.42. The van der Waals surface area contributed by atoms with Crippen LogP contribution >= 0.6 is 0 Å². The molecule has 170 valence electrons. The number of hydrogen-bond donors (Lipinski definition) is 2. The van der Waals surface area contributed by atoms with Crippen molar-refractivity contribution in [2.75, 3.05) is 24.2 Å². The predicted octanol–water partition coefficient (Wildman–Crippen LogP) is 4.85. The van der Waals surface area contributed by atoms with Crippen molar-refractivity contribution in [2.45, 2.75) is 26.4 Å². The molecule has 0 fully saturated rings. The maximum atomic E-state index is 13.3. The lowest BCUT2D eigenvalue weighted by Crippen LogP contribution is -2.43. The molecule has 6 nitrogen and oxygen atoms in total. The van der Waals surface area contributed by atoms with Crippen LogP contribution in [0.4, 0.5) is 15.8 Å². The number of carbonyl (C=O) groups is 2. The number of carbonyl (C=O) groups excluding carboxylic acids is 2. The van der Waals surface area contributed by atoms with E-state index in [2.05, 4.69) is 34.3 Å². The second kappa shape index (κ2) is 9.42. The Morgan fingerprint density at radius 3 is 2.42 bits per heavy atom. The summed E-state index contributed by atoms with van der Waals surface area (Å²) in [5, 5.41) is 7.84. The van der Waals surface area contributed by atoms with Gasteiger partial charge < -0.3 is 15.2 Å². The second-order valence-corrected chi connectivity index (χ2v) is 8.13. The third kappa shape index (κ3) is 4.73. The van der Waals surface area contributed by atoms with E-state index in [0.29, 0.717) is 11.4 Å². The summed E-state index contributed by atoms with van der Waals surface area (Å²) in [5.41, 5.74) is 3.37. The number of fused-ring (bicyclic) bond motifs is 3. The van der Waals surface area contributed by atoms with Crippen LogP contribution in [0.3, 0.4) is 0 Å². The third-order valence-electron chi connectivity index (χ3n) is 5.90. The van der Waals surface area contributed by atoms with Crippen LogP contribution in [0.15, 0.2) is 66.7 Å². The largest absolute Gasteiger partial charge is 0.341 e. The zero-order valence-corrected chi connectivity index (χ0v) is 18.9. The normalized spacial score (nSPS) is 12.3. The molecule has 0 bridgehead atoms. The Bertz CT molecular complexity index is 1330. The number of nitrogens with zero attached hydrogens (tertiary/aromatic N) is 2. The highest BCUT2D eigenvalue weighted by Gasteiger charge is 2.21. The Morgan fingerprint density at radius 1 is 0.939 bits per heavy atom. The van der Waals surface area contributed by atoms with Crippen molar-refractivity contribution < 1.29 is 14.0 Å². The zero-order valence-electron chi connectivity index (χ0n) is 18.9. The van der Waals surface area contributed by atoms with Crippen LogP contribution in [-0.4, -0.2) is 40.9 Å². The molecular weight excluding hydrogens is 419 g/mol. The maximum absolute atomic E-state index is 13.3. The highest BCUT2D eigenvalue weighted by Crippen LogP contribution is 2.31. The van der Waals surface area contributed by atoms with E-state index in [1.165, 1.54) is 18.2 Å². The number of halogens is 1. The lowest BCUT2D eigenvalue weighted by Gasteiger charge is -2.23. The first-order chi connectivity index (χ1) is 15.9. The van der Waals surface area contributed by atoms with Gasteiger partial charge in [0.25, 0.3) is 0 Å². The smallest absolute Gasteiger partial charge is 0.241 e. The van der Waals surface area contributed by atoms with Gasteiger partial charge in [-0.2, -0.15) is 0 Å². The van der Waals surface area contributed by atoms with Gasteiger partial charge in [-0.1, -0.05) is 24.3 Å². The molecule has 2 amide bonds. The Hall–Kier alpha value is -3.71. The summed E-state index contributed by atoms with van der Waals surface area (Å²) in [7, 11) is 1.70. The number of amides is 2. The topological polar surface area (TPSA) is 66.4 Å². The van der Waals surface area contributed by atoms with E-state index in [-0.39, 0.29) is 18.4 Å². The average Bonchev–Trinajstić information content (AvgIpc) is 3.11. The van der Waals surface area contributed by atoms with E-state index < -0.39 is 11.9 Å². The molecule has 7 heteroatoms. The van der Waals surface area contributed by atoms with Gasteiger partial charge in [0.15, 0.2) is 0 Å². The summed E-state index contributed by atoms with van der Waals surface area (Å²) in [6.45, 7) is 4.71. The molecule has 4 rings (SSSR count). The molecule has 1 atom stereocenters. The van der Waals surface area contributed by atoms with E-state index in [0.717, 1.165) is 28.4 Å². The Labute approximate surface area is 192 Å². The van der Waals surface area contributed by atoms with Crippen molar-refractivity contribution in [3.63, 3.8) is 0 Å². The SMILES string of the molecule is CCn1c2ccccc2c2cc(NC(=O)[C@@H](C)N(C)CC(=O)Nc3cccc(F)c3)ccc21. The fraction of sp³-hybridized carbons (Fsp3) is 0.231. The van der Waals surface area contributed by atoms with Crippen molar-refractivity contribution in [2.24, 2.45) is 0 Å². The van der Waals surface area contributed by atoms with Crippen molar-refractivity contribution in [1.29, 1.82) is 0 Å². The molecular formula is C26H27FN4O2. The third-order valence-corrected chi connectivity index (χ3v) is 5.90. The fourth-order valence-corrected chi connectivity index (χ4v) is 4.05. The summed E-state index contributed by atoms with van der Waals surface area (Å²) in [6.07, 6.45) is 0. The molecule has 1 aromatic heterocycles. The highest BCUT2D eigenvalue weighted by molar-refractivity contribution is 6.10. The van der Waals surface area contributed by atoms with E-state index >= 15 is 0 Å². The van der Waals surface area contributed by atoms with Gasteiger partial charge in [-0.05, 0) is 63.4 Å². The van der Waals surface area contributed by atoms with Crippen molar-refractivity contribution in [1.82, 2.24) is 9.47 Å². The van der Waals surface area contributed by atoms with Crippen molar-refractivity contribution in [3.8, 4) is 0 Å². The summed E-state index contributed by atoms with van der Waals surface area (Å²) >= 11 is 0. The lowest BCUT2D eigenvalue weighted by atomic mass is 10.1.